The summed E-state index contributed by atoms with van der Waals surface area (Å²) in [5.74, 6) is -1.06. The fourth-order valence-electron chi connectivity index (χ4n) is 6.21. The molecule has 1 saturated heterocycles. The van der Waals surface area contributed by atoms with Crippen LogP contribution >= 0.6 is 0 Å². The first-order valence-corrected chi connectivity index (χ1v) is 17.3. The molecule has 0 bridgehead atoms. The molecule has 0 saturated carbocycles. The summed E-state index contributed by atoms with van der Waals surface area (Å²) >= 11 is 0. The number of hydrogen-bond donors (Lipinski definition) is 2. The number of allylic oxidation sites excluding steroid dienone is 2. The molecule has 0 spiro atoms. The zero-order chi connectivity index (χ0) is 34.8. The van der Waals surface area contributed by atoms with Gasteiger partial charge in [-0.25, -0.2) is 0 Å². The van der Waals surface area contributed by atoms with E-state index >= 15 is 0 Å². The summed E-state index contributed by atoms with van der Waals surface area (Å²) in [5.41, 5.74) is 3.05. The number of carbonyl (C=O) groups excluding carboxylic acids is 3. The van der Waals surface area contributed by atoms with E-state index in [1.807, 2.05) is 84.9 Å². The van der Waals surface area contributed by atoms with Gasteiger partial charge in [-0.2, -0.15) is 0 Å². The van der Waals surface area contributed by atoms with Crippen LogP contribution in [0.25, 0.3) is 0 Å². The van der Waals surface area contributed by atoms with E-state index in [0.717, 1.165) is 35.3 Å². The van der Waals surface area contributed by atoms with Crippen LogP contribution in [0.3, 0.4) is 0 Å². The monoisotopic (exact) mass is 666 g/mol. The Bertz CT molecular complexity index is 1480. The van der Waals surface area contributed by atoms with Gasteiger partial charge < -0.3 is 24.8 Å². The number of benzene rings is 3. The van der Waals surface area contributed by atoms with Gasteiger partial charge >= 0.3 is 5.97 Å². The molecule has 4 unspecified atom stereocenters. The van der Waals surface area contributed by atoms with E-state index in [4.69, 9.17) is 9.47 Å². The van der Waals surface area contributed by atoms with Crippen LogP contribution in [0.1, 0.15) is 55.2 Å². The molecule has 8 nitrogen and oxygen atoms in total. The summed E-state index contributed by atoms with van der Waals surface area (Å²) in [7, 11) is 0. The molecule has 49 heavy (non-hydrogen) atoms. The van der Waals surface area contributed by atoms with Crippen molar-refractivity contribution in [2.45, 2.75) is 70.1 Å². The van der Waals surface area contributed by atoms with Crippen molar-refractivity contribution in [1.29, 1.82) is 0 Å². The number of aliphatic hydroxyl groups excluding tert-OH is 1. The lowest BCUT2D eigenvalue weighted by Gasteiger charge is -2.26. The molecule has 3 aromatic rings. The number of esters is 1. The molecule has 8 heteroatoms. The minimum absolute atomic E-state index is 0.00894. The maximum atomic E-state index is 13.7. The summed E-state index contributed by atoms with van der Waals surface area (Å²) in [6, 6.07) is 26.7. The molecule has 0 aliphatic carbocycles. The van der Waals surface area contributed by atoms with Crippen LogP contribution in [0.4, 0.5) is 0 Å². The van der Waals surface area contributed by atoms with Crippen LogP contribution in [-0.4, -0.2) is 59.6 Å². The highest BCUT2D eigenvalue weighted by atomic mass is 16.5. The number of amides is 2. The molecular formula is C41H50N2O6. The van der Waals surface area contributed by atoms with E-state index in [9.17, 15) is 19.5 Å². The zero-order valence-corrected chi connectivity index (χ0v) is 28.4. The summed E-state index contributed by atoms with van der Waals surface area (Å²) in [5, 5.41) is 12.8. The van der Waals surface area contributed by atoms with Gasteiger partial charge in [-0.15, -0.1) is 13.2 Å². The van der Waals surface area contributed by atoms with Gasteiger partial charge in [0.1, 0.15) is 19.0 Å². The van der Waals surface area contributed by atoms with Gasteiger partial charge in [-0.1, -0.05) is 84.9 Å². The second-order valence-electron chi connectivity index (χ2n) is 12.7. The second-order valence-corrected chi connectivity index (χ2v) is 12.7. The lowest BCUT2D eigenvalue weighted by atomic mass is 9.95. The summed E-state index contributed by atoms with van der Waals surface area (Å²) in [4.78, 5) is 42.0. The third-order valence-corrected chi connectivity index (χ3v) is 8.96. The van der Waals surface area contributed by atoms with Crippen molar-refractivity contribution in [1.82, 2.24) is 10.2 Å². The molecule has 1 fully saturated rings. The minimum atomic E-state index is -0.643. The first-order chi connectivity index (χ1) is 23.9. The van der Waals surface area contributed by atoms with Crippen molar-refractivity contribution in [3.63, 3.8) is 0 Å². The highest BCUT2D eigenvalue weighted by Gasteiger charge is 2.32. The number of hydrogen-bond acceptors (Lipinski definition) is 6. The Kier molecular flexibility index (Phi) is 15.1. The lowest BCUT2D eigenvalue weighted by molar-refractivity contribution is -0.150. The molecule has 4 atom stereocenters. The Balaban J connectivity index is 1.45. The smallest absolute Gasteiger partial charge is 0.309 e. The van der Waals surface area contributed by atoms with Gasteiger partial charge in [-0.3, -0.25) is 14.4 Å². The number of ether oxygens (including phenoxy) is 2. The minimum Gasteiger partial charge on any atom is -0.489 e. The number of nitrogens with zero attached hydrogens (tertiary/aromatic N) is 1. The van der Waals surface area contributed by atoms with E-state index < -0.39 is 12.0 Å². The quantitative estimate of drug-likeness (QED) is 0.110. The van der Waals surface area contributed by atoms with E-state index in [0.29, 0.717) is 45.3 Å². The van der Waals surface area contributed by atoms with E-state index in [2.05, 4.69) is 18.5 Å². The average Bonchev–Trinajstić information content (AvgIpc) is 3.62. The van der Waals surface area contributed by atoms with Crippen molar-refractivity contribution in [2.24, 2.45) is 11.8 Å². The maximum absolute atomic E-state index is 13.7. The number of nitrogens with one attached hydrogen (secondary N) is 1. The predicted molar refractivity (Wildman–Crippen MR) is 192 cm³/mol. The van der Waals surface area contributed by atoms with Crippen molar-refractivity contribution < 1.29 is 29.0 Å². The number of likely N-dealkylation sites (tertiary alicyclic amines) is 1. The Morgan fingerprint density at radius 1 is 0.878 bits per heavy atom. The van der Waals surface area contributed by atoms with Crippen LogP contribution in [0.15, 0.2) is 110 Å². The standard InChI is InChI=1S/C41H50N2O6/c1-3-5-18-35(25-31-14-8-6-9-15-31)41(47)49-30-36(26-32-20-22-38(23-21-32)48-29-33-16-10-7-11-17-33)42-40(46)34(13-4-2)27-39(45)43-24-12-19-37(43)28-44/h3-4,6-11,14-17,20-23,34-37,44H,1-2,5,12-13,18-19,24-30H2,(H,42,46). The Labute approximate surface area is 290 Å². The first-order valence-electron chi connectivity index (χ1n) is 17.3. The number of rotatable bonds is 20. The molecule has 1 aliphatic heterocycles. The van der Waals surface area contributed by atoms with Crippen LogP contribution < -0.4 is 10.1 Å². The van der Waals surface area contributed by atoms with Crippen LogP contribution in [0.5, 0.6) is 5.75 Å². The average molecular weight is 667 g/mol. The van der Waals surface area contributed by atoms with Gasteiger partial charge in [0.2, 0.25) is 11.8 Å². The number of aliphatic hydroxyl groups is 1. The predicted octanol–water partition coefficient (Wildman–Crippen LogP) is 6.23. The van der Waals surface area contributed by atoms with Crippen LogP contribution in [0.2, 0.25) is 0 Å². The van der Waals surface area contributed by atoms with Gasteiger partial charge in [0, 0.05) is 13.0 Å². The normalized spacial score (nSPS) is 15.9. The molecule has 0 radical (unpaired) electrons. The topological polar surface area (TPSA) is 105 Å². The number of carbonyl (C=O) groups is 3. The highest BCUT2D eigenvalue weighted by molar-refractivity contribution is 5.86. The van der Waals surface area contributed by atoms with E-state index in [1.165, 1.54) is 0 Å². The summed E-state index contributed by atoms with van der Waals surface area (Å²) in [6.07, 6.45) is 7.58. The summed E-state index contributed by atoms with van der Waals surface area (Å²) < 4.78 is 11.9. The molecule has 2 amide bonds. The molecular weight excluding hydrogens is 616 g/mol. The van der Waals surface area contributed by atoms with E-state index in [1.54, 1.807) is 17.1 Å². The van der Waals surface area contributed by atoms with Gasteiger partial charge in [0.05, 0.1) is 30.5 Å². The fourth-order valence-corrected chi connectivity index (χ4v) is 6.21. The molecule has 260 valence electrons. The molecule has 0 aromatic heterocycles. The summed E-state index contributed by atoms with van der Waals surface area (Å²) in [6.45, 7) is 8.54. The molecule has 1 heterocycles. The SMILES string of the molecule is C=CCCC(Cc1ccccc1)C(=O)OCC(Cc1ccc(OCc2ccccc2)cc1)NC(=O)C(CC=C)CC(=O)N1CCCC1CO. The third kappa shape index (κ3) is 12.1. The van der Waals surface area contributed by atoms with Crippen LogP contribution in [0, 0.1) is 11.8 Å². The van der Waals surface area contributed by atoms with Crippen molar-refractivity contribution >= 4 is 17.8 Å². The Hall–Kier alpha value is -4.69. The third-order valence-electron chi connectivity index (χ3n) is 8.96. The van der Waals surface area contributed by atoms with Gasteiger partial charge in [-0.05, 0) is 73.8 Å². The molecule has 2 N–H and O–H groups in total. The first kappa shape index (κ1) is 37.1. The largest absolute Gasteiger partial charge is 0.489 e. The maximum Gasteiger partial charge on any atom is 0.309 e. The fraction of sp³-hybridized carbons (Fsp3) is 0.390. The van der Waals surface area contributed by atoms with Crippen LogP contribution in [-0.2, 0) is 38.6 Å². The van der Waals surface area contributed by atoms with Gasteiger partial charge in [0.15, 0.2) is 0 Å². The second kappa shape index (κ2) is 20.0. The Morgan fingerprint density at radius 2 is 1.55 bits per heavy atom. The van der Waals surface area contributed by atoms with Gasteiger partial charge in [0.25, 0.3) is 0 Å². The molecule has 1 aliphatic rings. The highest BCUT2D eigenvalue weighted by Crippen LogP contribution is 2.22. The molecule has 3 aromatic carbocycles. The van der Waals surface area contributed by atoms with Crippen molar-refractivity contribution in [3.05, 3.63) is 127 Å². The molecule has 4 rings (SSSR count). The van der Waals surface area contributed by atoms with Crippen molar-refractivity contribution in [2.75, 3.05) is 19.8 Å². The Morgan fingerprint density at radius 3 is 2.20 bits per heavy atom. The zero-order valence-electron chi connectivity index (χ0n) is 28.4. The van der Waals surface area contributed by atoms with E-state index in [-0.39, 0.29) is 49.4 Å². The van der Waals surface area contributed by atoms with Crippen molar-refractivity contribution in [3.8, 4) is 5.75 Å². The lowest BCUT2D eigenvalue weighted by Crippen LogP contribution is -2.45.